The van der Waals surface area contributed by atoms with E-state index in [1.54, 1.807) is 30.3 Å². The number of carbonyl (C=O) groups is 2. The van der Waals surface area contributed by atoms with Crippen LogP contribution in [0.3, 0.4) is 0 Å². The van der Waals surface area contributed by atoms with Crippen LogP contribution in [0.25, 0.3) is 5.57 Å². The molecule has 2 aliphatic rings. The van der Waals surface area contributed by atoms with Crippen LogP contribution in [-0.4, -0.2) is 29.8 Å². The summed E-state index contributed by atoms with van der Waals surface area (Å²) in [4.78, 5) is 29.5. The third kappa shape index (κ3) is 3.60. The third-order valence-electron chi connectivity index (χ3n) is 5.53. The summed E-state index contributed by atoms with van der Waals surface area (Å²) in [6.07, 6.45) is -2.65. The molecule has 0 saturated carbocycles. The third-order valence-corrected chi connectivity index (χ3v) is 5.53. The number of hydrogen-bond donors (Lipinski definition) is 0. The zero-order chi connectivity index (χ0) is 21.5. The first-order valence-corrected chi connectivity index (χ1v) is 9.88. The largest absolute Gasteiger partial charge is 0.416 e. The van der Waals surface area contributed by atoms with Crippen molar-refractivity contribution in [3.05, 3.63) is 71.4 Å². The Morgan fingerprint density at radius 3 is 2.37 bits per heavy atom. The fourth-order valence-corrected chi connectivity index (χ4v) is 4.12. The summed E-state index contributed by atoms with van der Waals surface area (Å²) in [5.41, 5.74) is 0.121. The molecular formula is C23H21F3N2O2. The van der Waals surface area contributed by atoms with Crippen molar-refractivity contribution in [1.29, 1.82) is 0 Å². The topological polar surface area (TPSA) is 40.6 Å². The number of imide groups is 1. The fourth-order valence-electron chi connectivity index (χ4n) is 4.12. The Morgan fingerprint density at radius 1 is 0.967 bits per heavy atom. The molecule has 0 N–H and O–H groups in total. The highest BCUT2D eigenvalue weighted by Crippen LogP contribution is 2.38. The monoisotopic (exact) mass is 414 g/mol. The zero-order valence-electron chi connectivity index (χ0n) is 16.4. The van der Waals surface area contributed by atoms with Gasteiger partial charge in [-0.15, -0.1) is 0 Å². The van der Waals surface area contributed by atoms with Gasteiger partial charge < -0.3 is 4.90 Å². The fraction of sp³-hybridized carbons (Fsp3) is 0.304. The Morgan fingerprint density at radius 2 is 1.70 bits per heavy atom. The lowest BCUT2D eigenvalue weighted by molar-refractivity contribution is -0.137. The molecule has 0 aliphatic carbocycles. The van der Waals surface area contributed by atoms with Crippen molar-refractivity contribution in [2.75, 3.05) is 18.0 Å². The second kappa shape index (κ2) is 7.63. The second-order valence-corrected chi connectivity index (χ2v) is 7.78. The van der Waals surface area contributed by atoms with Gasteiger partial charge in [-0.3, -0.25) is 9.59 Å². The van der Waals surface area contributed by atoms with Crippen LogP contribution in [0.4, 0.5) is 18.9 Å². The molecular weight excluding hydrogens is 393 g/mol. The molecule has 2 heterocycles. The van der Waals surface area contributed by atoms with E-state index in [9.17, 15) is 22.8 Å². The van der Waals surface area contributed by atoms with Gasteiger partial charge in [-0.2, -0.15) is 13.2 Å². The molecule has 0 bridgehead atoms. The van der Waals surface area contributed by atoms with Crippen molar-refractivity contribution in [2.24, 2.45) is 5.92 Å². The lowest BCUT2D eigenvalue weighted by atomic mass is 9.98. The van der Waals surface area contributed by atoms with Crippen molar-refractivity contribution in [3.63, 3.8) is 0 Å². The number of carbonyl (C=O) groups excluding carboxylic acids is 2. The van der Waals surface area contributed by atoms with Crippen molar-refractivity contribution >= 4 is 23.1 Å². The molecule has 2 aromatic carbocycles. The number of halogens is 3. The van der Waals surface area contributed by atoms with E-state index < -0.39 is 23.6 Å². The molecule has 0 aromatic heterocycles. The maximum absolute atomic E-state index is 13.4. The Bertz CT molecular complexity index is 1010. The molecule has 7 heteroatoms. The van der Waals surface area contributed by atoms with E-state index in [0.717, 1.165) is 29.9 Å². The van der Waals surface area contributed by atoms with Crippen LogP contribution in [-0.2, 0) is 15.8 Å². The van der Waals surface area contributed by atoms with E-state index in [1.807, 2.05) is 4.90 Å². The smallest absolute Gasteiger partial charge is 0.366 e. The van der Waals surface area contributed by atoms with Crippen LogP contribution in [0.2, 0.25) is 0 Å². The average molecular weight is 414 g/mol. The van der Waals surface area contributed by atoms with E-state index in [2.05, 4.69) is 6.92 Å². The summed E-state index contributed by atoms with van der Waals surface area (Å²) in [7, 11) is 0. The molecule has 1 atom stereocenters. The number of alkyl halides is 3. The number of amides is 2. The number of likely N-dealkylation sites (tertiary alicyclic amines) is 1. The molecule has 156 valence electrons. The molecule has 1 fully saturated rings. The summed E-state index contributed by atoms with van der Waals surface area (Å²) in [5.74, 6) is -0.820. The highest BCUT2D eigenvalue weighted by atomic mass is 19.4. The van der Waals surface area contributed by atoms with Crippen LogP contribution in [0.15, 0.2) is 60.3 Å². The first kappa shape index (κ1) is 20.2. The zero-order valence-corrected chi connectivity index (χ0v) is 16.4. The van der Waals surface area contributed by atoms with Gasteiger partial charge in [0.1, 0.15) is 5.70 Å². The summed E-state index contributed by atoms with van der Waals surface area (Å²) < 4.78 is 39.6. The lowest BCUT2D eigenvalue weighted by Gasteiger charge is -2.33. The van der Waals surface area contributed by atoms with Gasteiger partial charge in [0.2, 0.25) is 0 Å². The summed E-state index contributed by atoms with van der Waals surface area (Å²) in [6, 6.07) is 13.2. The normalized spacial score (nSPS) is 20.3. The van der Waals surface area contributed by atoms with Crippen LogP contribution >= 0.6 is 0 Å². The van der Waals surface area contributed by atoms with E-state index in [1.165, 1.54) is 12.1 Å². The molecule has 2 aliphatic heterocycles. The number of benzene rings is 2. The lowest BCUT2D eigenvalue weighted by Crippen LogP contribution is -2.39. The van der Waals surface area contributed by atoms with E-state index in [4.69, 9.17) is 0 Å². The molecule has 4 rings (SSSR count). The molecule has 2 aromatic rings. The van der Waals surface area contributed by atoms with Gasteiger partial charge in [-0.1, -0.05) is 43.3 Å². The van der Waals surface area contributed by atoms with E-state index in [0.29, 0.717) is 24.6 Å². The SMILES string of the molecule is CC1CCCN(C2=C(c3ccccc3)C(=O)N(c3cccc(C(F)(F)F)c3)C2=O)C1. The molecule has 4 nitrogen and oxygen atoms in total. The quantitative estimate of drug-likeness (QED) is 0.683. The number of nitrogens with zero attached hydrogens (tertiary/aromatic N) is 2. The minimum atomic E-state index is -4.57. The van der Waals surface area contributed by atoms with Crippen LogP contribution in [0.1, 0.15) is 30.9 Å². The minimum Gasteiger partial charge on any atom is -0.366 e. The molecule has 0 radical (unpaired) electrons. The van der Waals surface area contributed by atoms with Gasteiger partial charge in [0.15, 0.2) is 0 Å². The number of anilines is 1. The van der Waals surface area contributed by atoms with Crippen molar-refractivity contribution in [1.82, 2.24) is 4.90 Å². The molecule has 0 spiro atoms. The highest BCUT2D eigenvalue weighted by molar-refractivity contribution is 6.45. The van der Waals surface area contributed by atoms with Crippen LogP contribution < -0.4 is 4.90 Å². The summed E-state index contributed by atoms with van der Waals surface area (Å²) in [5, 5.41) is 0. The maximum atomic E-state index is 13.4. The highest BCUT2D eigenvalue weighted by Gasteiger charge is 2.43. The molecule has 30 heavy (non-hydrogen) atoms. The van der Waals surface area contributed by atoms with Gasteiger partial charge in [-0.05, 0) is 42.5 Å². The molecule has 2 amide bonds. The second-order valence-electron chi connectivity index (χ2n) is 7.78. The number of hydrogen-bond acceptors (Lipinski definition) is 3. The first-order valence-electron chi connectivity index (χ1n) is 9.88. The number of rotatable bonds is 3. The number of piperidine rings is 1. The predicted octanol–water partition coefficient (Wildman–Crippen LogP) is 4.72. The predicted molar refractivity (Wildman–Crippen MR) is 107 cm³/mol. The summed E-state index contributed by atoms with van der Waals surface area (Å²) in [6.45, 7) is 3.34. The van der Waals surface area contributed by atoms with E-state index >= 15 is 0 Å². The van der Waals surface area contributed by atoms with Crippen molar-refractivity contribution in [3.8, 4) is 0 Å². The van der Waals surface area contributed by atoms with Crippen LogP contribution in [0, 0.1) is 5.92 Å². The van der Waals surface area contributed by atoms with Gasteiger partial charge in [0.25, 0.3) is 11.8 Å². The Hall–Kier alpha value is -3.09. The van der Waals surface area contributed by atoms with Gasteiger partial charge in [0, 0.05) is 13.1 Å². The van der Waals surface area contributed by atoms with Crippen molar-refractivity contribution in [2.45, 2.75) is 25.9 Å². The van der Waals surface area contributed by atoms with Crippen molar-refractivity contribution < 1.29 is 22.8 Å². The maximum Gasteiger partial charge on any atom is 0.416 e. The molecule has 1 saturated heterocycles. The minimum absolute atomic E-state index is 0.0756. The molecule has 1 unspecified atom stereocenters. The summed E-state index contributed by atoms with van der Waals surface area (Å²) >= 11 is 0. The standard InChI is InChI=1S/C23H21F3N2O2/c1-15-7-6-12-27(14-15)20-19(16-8-3-2-4-9-16)21(29)28(22(20)30)18-11-5-10-17(13-18)23(24,25)26/h2-5,8-11,13,15H,6-7,12,14H2,1H3. The van der Waals surface area contributed by atoms with Gasteiger partial charge in [-0.25, -0.2) is 4.90 Å². The average Bonchev–Trinajstić information content (AvgIpc) is 2.98. The van der Waals surface area contributed by atoms with Gasteiger partial charge in [0.05, 0.1) is 16.8 Å². The van der Waals surface area contributed by atoms with Crippen LogP contribution in [0.5, 0.6) is 0 Å². The Kier molecular flexibility index (Phi) is 5.13. The van der Waals surface area contributed by atoms with E-state index in [-0.39, 0.29) is 17.0 Å². The Balaban J connectivity index is 1.81. The van der Waals surface area contributed by atoms with Gasteiger partial charge >= 0.3 is 6.18 Å². The Labute approximate surface area is 172 Å². The first-order chi connectivity index (χ1) is 14.3.